The lowest BCUT2D eigenvalue weighted by Gasteiger charge is -2.15. The summed E-state index contributed by atoms with van der Waals surface area (Å²) in [5.74, 6) is -0.518. The lowest BCUT2D eigenvalue weighted by Crippen LogP contribution is -2.42. The number of carbonyl (C=O) groups excluding carboxylic acids is 2. The minimum atomic E-state index is -0.738. The maximum atomic E-state index is 13.0. The Morgan fingerprint density at radius 2 is 1.67 bits per heavy atom. The zero-order chi connectivity index (χ0) is 23.5. The van der Waals surface area contributed by atoms with E-state index in [4.69, 9.17) is 0 Å². The summed E-state index contributed by atoms with van der Waals surface area (Å²) in [4.78, 5) is 28.0. The van der Waals surface area contributed by atoms with Gasteiger partial charge in [0.05, 0.1) is 0 Å². The Balaban J connectivity index is 1.69. The van der Waals surface area contributed by atoms with Gasteiger partial charge in [-0.15, -0.1) is 10.1 Å². The van der Waals surface area contributed by atoms with Crippen LogP contribution in [0.1, 0.15) is 38.7 Å². The molecule has 2 N–H and O–H groups in total. The normalized spacial score (nSPS) is 18.8. The molecule has 33 heavy (non-hydrogen) atoms. The molecule has 2 atom stereocenters. The molecule has 0 aliphatic carbocycles. The number of nitrogens with one attached hydrogen (secondary N) is 2. The molecule has 3 aromatic carbocycles. The number of nitrogens with zero attached hydrogens (tertiary/aromatic N) is 2. The molecule has 1 aliphatic rings. The highest BCUT2D eigenvalue weighted by Gasteiger charge is 2.47. The summed E-state index contributed by atoms with van der Waals surface area (Å²) in [6.07, 6.45) is 1.90. The third-order valence-electron chi connectivity index (χ3n) is 5.82. The van der Waals surface area contributed by atoms with Gasteiger partial charge in [-0.05, 0) is 50.2 Å². The van der Waals surface area contributed by atoms with Crippen molar-refractivity contribution < 1.29 is 14.3 Å². The molecule has 0 unspecified atom stereocenters. The fourth-order valence-electron chi connectivity index (χ4n) is 3.97. The van der Waals surface area contributed by atoms with Gasteiger partial charge in [0.2, 0.25) is 12.3 Å². The van der Waals surface area contributed by atoms with E-state index in [1.54, 1.807) is 10.8 Å². The van der Waals surface area contributed by atoms with Gasteiger partial charge < -0.3 is 10.2 Å². The van der Waals surface area contributed by atoms with Crippen LogP contribution in [0, 0.1) is 13.8 Å². The number of hydrazine groups is 1. The first kappa shape index (κ1) is 22.3. The van der Waals surface area contributed by atoms with E-state index < -0.39 is 6.04 Å². The van der Waals surface area contributed by atoms with Crippen molar-refractivity contribution in [1.82, 2.24) is 10.7 Å². The van der Waals surface area contributed by atoms with Gasteiger partial charge in [0.1, 0.15) is 0 Å². The first-order valence-corrected chi connectivity index (χ1v) is 11.0. The zero-order valence-corrected chi connectivity index (χ0v) is 19.4. The van der Waals surface area contributed by atoms with Crippen LogP contribution in [0.25, 0.3) is 0 Å². The Labute approximate surface area is 194 Å². The van der Waals surface area contributed by atoms with Gasteiger partial charge in [-0.2, -0.15) is 0 Å². The van der Waals surface area contributed by atoms with Crippen molar-refractivity contribution >= 4 is 23.7 Å². The van der Waals surface area contributed by atoms with Gasteiger partial charge in [-0.25, -0.2) is 0 Å². The van der Waals surface area contributed by atoms with E-state index >= 15 is 0 Å². The van der Waals surface area contributed by atoms with E-state index in [-0.39, 0.29) is 17.9 Å². The smallest absolute Gasteiger partial charge is 0.304 e. The molecular formula is C27H29N4O2+. The average Bonchev–Trinajstić information content (AvgIpc) is 3.09. The second-order valence-electron chi connectivity index (χ2n) is 8.67. The van der Waals surface area contributed by atoms with E-state index in [0.717, 1.165) is 27.9 Å². The summed E-state index contributed by atoms with van der Waals surface area (Å²) in [6.45, 7) is 3.96. The molecule has 0 bridgehead atoms. The maximum Gasteiger partial charge on any atom is 0.304 e. The fraction of sp³-hybridized carbons (Fsp3) is 0.222. The predicted molar refractivity (Wildman–Crippen MR) is 131 cm³/mol. The average molecular weight is 442 g/mol. The first-order valence-electron chi connectivity index (χ1n) is 11.0. The molecule has 4 rings (SSSR count). The quantitative estimate of drug-likeness (QED) is 0.597. The fourth-order valence-corrected chi connectivity index (χ4v) is 3.97. The Morgan fingerprint density at radius 1 is 0.970 bits per heavy atom. The van der Waals surface area contributed by atoms with E-state index in [2.05, 4.69) is 10.7 Å². The highest BCUT2D eigenvalue weighted by atomic mass is 16.2. The zero-order valence-electron chi connectivity index (χ0n) is 19.4. The number of hydrazone groups is 1. The Kier molecular flexibility index (Phi) is 6.27. The summed E-state index contributed by atoms with van der Waals surface area (Å²) in [5.41, 5.74) is 8.57. The molecule has 1 aliphatic heterocycles. The molecule has 0 saturated carbocycles. The Bertz CT molecular complexity index is 1200. The SMILES string of the molecule is Cc1ccc([C@@H]2[C@@H](NC(=O)c3cccc(C)c3)C(=O)N/[N+]2=C\c2ccc(N(C)C)cc2)cc1. The van der Waals surface area contributed by atoms with Crippen molar-refractivity contribution in [2.24, 2.45) is 0 Å². The van der Waals surface area contributed by atoms with Crippen molar-refractivity contribution in [3.8, 4) is 0 Å². The van der Waals surface area contributed by atoms with Gasteiger partial charge in [0.15, 0.2) is 6.04 Å². The Morgan fingerprint density at radius 3 is 2.30 bits per heavy atom. The highest BCUT2D eigenvalue weighted by Crippen LogP contribution is 2.26. The second-order valence-corrected chi connectivity index (χ2v) is 8.67. The minimum Gasteiger partial charge on any atom is -0.378 e. The van der Waals surface area contributed by atoms with Crippen LogP contribution in [0.15, 0.2) is 72.8 Å². The molecule has 6 heteroatoms. The van der Waals surface area contributed by atoms with Crippen molar-refractivity contribution in [2.45, 2.75) is 25.9 Å². The van der Waals surface area contributed by atoms with Crippen molar-refractivity contribution in [2.75, 3.05) is 19.0 Å². The molecule has 1 fully saturated rings. The van der Waals surface area contributed by atoms with Gasteiger partial charge >= 0.3 is 5.91 Å². The van der Waals surface area contributed by atoms with Crippen LogP contribution in [-0.4, -0.2) is 42.9 Å². The summed E-state index contributed by atoms with van der Waals surface area (Å²) < 4.78 is 1.79. The number of hydrogen-bond donors (Lipinski definition) is 2. The first-order chi connectivity index (χ1) is 15.8. The molecule has 0 radical (unpaired) electrons. The lowest BCUT2D eigenvalue weighted by molar-refractivity contribution is -0.596. The van der Waals surface area contributed by atoms with Crippen LogP contribution in [0.5, 0.6) is 0 Å². The molecule has 0 spiro atoms. The maximum absolute atomic E-state index is 13.0. The number of amides is 2. The summed E-state index contributed by atoms with van der Waals surface area (Å²) >= 11 is 0. The van der Waals surface area contributed by atoms with Crippen LogP contribution in [-0.2, 0) is 4.79 Å². The molecule has 0 aromatic heterocycles. The van der Waals surface area contributed by atoms with Crippen molar-refractivity contribution in [1.29, 1.82) is 0 Å². The van der Waals surface area contributed by atoms with Crippen LogP contribution in [0.4, 0.5) is 5.69 Å². The Hall–Kier alpha value is -3.93. The molecule has 3 aromatic rings. The summed E-state index contributed by atoms with van der Waals surface area (Å²) in [6, 6.07) is 22.3. The number of benzene rings is 3. The number of rotatable bonds is 5. The van der Waals surface area contributed by atoms with E-state index in [1.807, 2.05) is 106 Å². The van der Waals surface area contributed by atoms with E-state index in [0.29, 0.717) is 5.56 Å². The third-order valence-corrected chi connectivity index (χ3v) is 5.82. The molecule has 1 saturated heterocycles. The van der Waals surface area contributed by atoms with Gasteiger partial charge in [-0.3, -0.25) is 9.59 Å². The van der Waals surface area contributed by atoms with Gasteiger partial charge in [0.25, 0.3) is 5.91 Å². The number of anilines is 1. The standard InChI is InChI=1S/C27H28N4O2/c1-18-8-12-21(13-9-18)25-24(28-26(32)22-7-5-6-19(2)16-22)27(33)29-31(25)17-20-10-14-23(15-11-20)30(3)4/h5-17,24-25H,1-4H3,(H-,28,29,32,33)/p+1/t24-,25-/m1/s1. The molecule has 6 nitrogen and oxygen atoms in total. The largest absolute Gasteiger partial charge is 0.378 e. The number of aryl methyl sites for hydroxylation is 2. The molecule has 2 amide bonds. The molecule has 168 valence electrons. The van der Waals surface area contributed by atoms with E-state index in [1.165, 1.54) is 0 Å². The van der Waals surface area contributed by atoms with E-state index in [9.17, 15) is 9.59 Å². The minimum absolute atomic E-state index is 0.247. The van der Waals surface area contributed by atoms with Gasteiger partial charge in [-0.1, -0.05) is 47.5 Å². The van der Waals surface area contributed by atoms with Crippen molar-refractivity contribution in [3.05, 3.63) is 101 Å². The molecule has 1 heterocycles. The van der Waals surface area contributed by atoms with Gasteiger partial charge in [0, 0.05) is 36.5 Å². The summed E-state index contributed by atoms with van der Waals surface area (Å²) in [5, 5.41) is 2.96. The topological polar surface area (TPSA) is 64.5 Å². The monoisotopic (exact) mass is 441 g/mol. The number of carbonyl (C=O) groups is 2. The van der Waals surface area contributed by atoms with Crippen LogP contribution < -0.4 is 15.6 Å². The van der Waals surface area contributed by atoms with Crippen molar-refractivity contribution in [3.63, 3.8) is 0 Å². The molecular weight excluding hydrogens is 412 g/mol. The summed E-state index contributed by atoms with van der Waals surface area (Å²) in [7, 11) is 3.99. The highest BCUT2D eigenvalue weighted by molar-refractivity contribution is 5.98. The number of hydrogen-bond acceptors (Lipinski definition) is 3. The lowest BCUT2D eigenvalue weighted by atomic mass is 9.98. The van der Waals surface area contributed by atoms with Crippen LogP contribution in [0.2, 0.25) is 0 Å². The third kappa shape index (κ3) is 4.95. The van der Waals surface area contributed by atoms with Crippen LogP contribution in [0.3, 0.4) is 0 Å². The second kappa shape index (κ2) is 9.28. The van der Waals surface area contributed by atoms with Crippen LogP contribution >= 0.6 is 0 Å². The predicted octanol–water partition coefficient (Wildman–Crippen LogP) is 3.39.